The van der Waals surface area contributed by atoms with E-state index in [9.17, 15) is 4.79 Å². The molecule has 5 rings (SSSR count). The van der Waals surface area contributed by atoms with Crippen molar-refractivity contribution >= 4 is 17.5 Å². The van der Waals surface area contributed by atoms with Gasteiger partial charge in [0.25, 0.3) is 0 Å². The molecular weight excluding hydrogens is 420 g/mol. The summed E-state index contributed by atoms with van der Waals surface area (Å²) in [5.74, 6) is 2.07. The summed E-state index contributed by atoms with van der Waals surface area (Å²) < 4.78 is 10.2. The molecule has 2 aromatic heterocycles. The number of ether oxygens (including phenoxy) is 1. The number of nitrogens with zero attached hydrogens (tertiary/aromatic N) is 4. The van der Waals surface area contributed by atoms with Crippen LogP contribution in [0.1, 0.15) is 64.7 Å². The highest BCUT2D eigenvalue weighted by Crippen LogP contribution is 2.40. The predicted octanol–water partition coefficient (Wildman–Crippen LogP) is 4.78. The van der Waals surface area contributed by atoms with Gasteiger partial charge in [-0.15, -0.1) is 10.2 Å². The minimum Gasteiger partial charge on any atom is -0.376 e. The van der Waals surface area contributed by atoms with Crippen LogP contribution in [0.15, 0.2) is 41.6 Å². The Labute approximate surface area is 193 Å². The molecule has 0 N–H and O–H groups in total. The molecular formula is C25H30N4O2S. The molecule has 1 saturated heterocycles. The van der Waals surface area contributed by atoms with Crippen molar-refractivity contribution in [3.63, 3.8) is 0 Å². The van der Waals surface area contributed by atoms with Crippen molar-refractivity contribution < 1.29 is 9.53 Å². The Kier molecular flexibility index (Phi) is 6.20. The highest BCUT2D eigenvalue weighted by atomic mass is 32.2. The van der Waals surface area contributed by atoms with E-state index in [-0.39, 0.29) is 11.9 Å². The highest BCUT2D eigenvalue weighted by Gasteiger charge is 2.31. The third-order valence-corrected chi connectivity index (χ3v) is 7.45. The fourth-order valence-electron chi connectivity index (χ4n) is 4.53. The second-order valence-corrected chi connectivity index (χ2v) is 9.87. The van der Waals surface area contributed by atoms with E-state index in [0.717, 1.165) is 60.5 Å². The number of Topliss-reactive ketones (excluding diaryl/α,β-unsaturated/α-hetero) is 1. The summed E-state index contributed by atoms with van der Waals surface area (Å²) in [7, 11) is 0. The van der Waals surface area contributed by atoms with Crippen LogP contribution < -0.4 is 0 Å². The van der Waals surface area contributed by atoms with E-state index in [0.29, 0.717) is 11.7 Å². The van der Waals surface area contributed by atoms with Crippen LogP contribution in [-0.4, -0.2) is 43.6 Å². The van der Waals surface area contributed by atoms with Gasteiger partial charge in [-0.2, -0.15) is 0 Å². The van der Waals surface area contributed by atoms with E-state index in [1.54, 1.807) is 0 Å². The van der Waals surface area contributed by atoms with E-state index in [1.165, 1.54) is 30.2 Å². The van der Waals surface area contributed by atoms with Gasteiger partial charge in [0.05, 0.1) is 18.4 Å². The normalized spacial score (nSPS) is 18.4. The van der Waals surface area contributed by atoms with Crippen LogP contribution in [-0.2, 0) is 17.8 Å². The molecule has 1 atom stereocenters. The molecule has 0 amide bonds. The molecule has 1 saturated carbocycles. The van der Waals surface area contributed by atoms with Crippen LogP contribution in [0.2, 0.25) is 0 Å². The average molecular weight is 451 g/mol. The smallest absolute Gasteiger partial charge is 0.191 e. The molecule has 1 aliphatic heterocycles. The van der Waals surface area contributed by atoms with Crippen LogP contribution in [0, 0.1) is 13.8 Å². The summed E-state index contributed by atoms with van der Waals surface area (Å²) in [6.07, 6.45) is 4.82. The molecule has 0 unspecified atom stereocenters. The van der Waals surface area contributed by atoms with Gasteiger partial charge in [0, 0.05) is 36.0 Å². The van der Waals surface area contributed by atoms with Crippen LogP contribution in [0.25, 0.3) is 0 Å². The Morgan fingerprint density at radius 3 is 2.66 bits per heavy atom. The number of aryl methyl sites for hydroxylation is 1. The van der Waals surface area contributed by atoms with Crippen LogP contribution >= 0.6 is 11.8 Å². The lowest BCUT2D eigenvalue weighted by Gasteiger charge is -2.14. The topological polar surface area (TPSA) is 61.9 Å². The molecule has 3 aromatic rings. The average Bonchev–Trinajstić information content (AvgIpc) is 3.24. The van der Waals surface area contributed by atoms with Crippen molar-refractivity contribution in [2.75, 3.05) is 12.4 Å². The second kappa shape index (κ2) is 9.24. The Bertz CT molecular complexity index is 1090. The molecule has 0 bridgehead atoms. The Balaban J connectivity index is 1.30. The van der Waals surface area contributed by atoms with E-state index in [4.69, 9.17) is 4.74 Å². The lowest BCUT2D eigenvalue weighted by molar-refractivity contribution is 0.0957. The number of hydrogen-bond donors (Lipinski definition) is 0. The number of carbonyl (C=O) groups is 1. The molecule has 2 fully saturated rings. The maximum atomic E-state index is 13.1. The number of benzene rings is 1. The summed E-state index contributed by atoms with van der Waals surface area (Å²) in [6, 6.07) is 12.4. The van der Waals surface area contributed by atoms with Crippen molar-refractivity contribution in [2.45, 2.75) is 69.8 Å². The molecule has 0 spiro atoms. The van der Waals surface area contributed by atoms with E-state index >= 15 is 0 Å². The first-order valence-corrected chi connectivity index (χ1v) is 12.5. The lowest BCUT2D eigenvalue weighted by Crippen LogP contribution is -2.17. The summed E-state index contributed by atoms with van der Waals surface area (Å²) >= 11 is 1.50. The molecule has 1 aliphatic carbocycles. The molecule has 168 valence electrons. The number of ketones is 1. The number of carbonyl (C=O) groups excluding carboxylic acids is 1. The van der Waals surface area contributed by atoms with Gasteiger partial charge in [-0.1, -0.05) is 42.1 Å². The van der Waals surface area contributed by atoms with Crippen LogP contribution in [0.4, 0.5) is 0 Å². The lowest BCUT2D eigenvalue weighted by atomic mass is 10.2. The van der Waals surface area contributed by atoms with Crippen molar-refractivity contribution in [1.29, 1.82) is 0 Å². The third-order valence-electron chi connectivity index (χ3n) is 6.49. The first kappa shape index (κ1) is 21.5. The maximum Gasteiger partial charge on any atom is 0.191 e. The largest absolute Gasteiger partial charge is 0.376 e. The standard InChI is InChI=1S/C25H30N4O2S/c1-17-13-22(18(2)28(17)15-21-9-6-12-31-21)23(30)16-32-25-27-26-24(20-10-11-20)29(25)14-19-7-4-3-5-8-19/h3-5,7-8,13,20-21H,6,9-12,14-16H2,1-2H3/t21-/m0/s1. The molecule has 0 radical (unpaired) electrons. The molecule has 6 nitrogen and oxygen atoms in total. The summed E-state index contributed by atoms with van der Waals surface area (Å²) in [5, 5.41) is 9.77. The van der Waals surface area contributed by atoms with E-state index in [1.807, 2.05) is 19.1 Å². The van der Waals surface area contributed by atoms with Gasteiger partial charge >= 0.3 is 0 Å². The molecule has 2 aliphatic rings. The molecule has 1 aromatic carbocycles. The molecule has 3 heterocycles. The fourth-order valence-corrected chi connectivity index (χ4v) is 5.36. The highest BCUT2D eigenvalue weighted by molar-refractivity contribution is 7.99. The second-order valence-electron chi connectivity index (χ2n) is 8.93. The Hall–Kier alpha value is -2.38. The van der Waals surface area contributed by atoms with Gasteiger partial charge in [-0.05, 0) is 51.2 Å². The van der Waals surface area contributed by atoms with E-state index < -0.39 is 0 Å². The van der Waals surface area contributed by atoms with Gasteiger partial charge in [0.15, 0.2) is 10.9 Å². The predicted molar refractivity (Wildman–Crippen MR) is 125 cm³/mol. The van der Waals surface area contributed by atoms with Crippen LogP contribution in [0.3, 0.4) is 0 Å². The SMILES string of the molecule is Cc1cc(C(=O)CSc2nnc(C3CC3)n2Cc2ccccc2)c(C)n1C[C@@H]1CCCO1. The fraction of sp³-hybridized carbons (Fsp3) is 0.480. The molecule has 7 heteroatoms. The van der Waals surface area contributed by atoms with Gasteiger partial charge in [0.2, 0.25) is 0 Å². The van der Waals surface area contributed by atoms with E-state index in [2.05, 4.69) is 50.5 Å². The van der Waals surface area contributed by atoms with Crippen molar-refractivity contribution in [3.05, 3.63) is 64.7 Å². The zero-order valence-corrected chi connectivity index (χ0v) is 19.6. The van der Waals surface area contributed by atoms with Gasteiger partial charge in [-0.25, -0.2) is 0 Å². The minimum absolute atomic E-state index is 0.143. The van der Waals surface area contributed by atoms with Crippen molar-refractivity contribution in [3.8, 4) is 0 Å². The number of rotatable bonds is 9. The monoisotopic (exact) mass is 450 g/mol. The maximum absolute atomic E-state index is 13.1. The zero-order valence-electron chi connectivity index (χ0n) is 18.8. The van der Waals surface area contributed by atoms with Gasteiger partial charge < -0.3 is 13.9 Å². The zero-order chi connectivity index (χ0) is 22.1. The third kappa shape index (κ3) is 4.55. The number of hydrogen-bond acceptors (Lipinski definition) is 5. The minimum atomic E-state index is 0.143. The number of thioether (sulfide) groups is 1. The number of aromatic nitrogens is 4. The quantitative estimate of drug-likeness (QED) is 0.347. The summed E-state index contributed by atoms with van der Waals surface area (Å²) in [6.45, 7) is 6.53. The Morgan fingerprint density at radius 2 is 1.94 bits per heavy atom. The van der Waals surface area contributed by atoms with Gasteiger partial charge in [0.1, 0.15) is 5.82 Å². The summed E-state index contributed by atoms with van der Waals surface area (Å²) in [5.41, 5.74) is 4.19. The van der Waals surface area contributed by atoms with Crippen molar-refractivity contribution in [2.24, 2.45) is 0 Å². The van der Waals surface area contributed by atoms with Crippen molar-refractivity contribution in [1.82, 2.24) is 19.3 Å². The first-order chi connectivity index (χ1) is 15.6. The van der Waals surface area contributed by atoms with Crippen LogP contribution in [0.5, 0.6) is 0 Å². The Morgan fingerprint density at radius 1 is 1.12 bits per heavy atom. The van der Waals surface area contributed by atoms with Gasteiger partial charge in [-0.3, -0.25) is 4.79 Å². The summed E-state index contributed by atoms with van der Waals surface area (Å²) in [4.78, 5) is 13.1. The molecule has 32 heavy (non-hydrogen) atoms. The first-order valence-electron chi connectivity index (χ1n) is 11.5.